The molecule has 0 spiro atoms. The van der Waals surface area contributed by atoms with E-state index >= 15 is 0 Å². The first-order valence-electron chi connectivity index (χ1n) is 14.5. The normalized spacial score (nSPS) is 44.3. The van der Waals surface area contributed by atoms with Gasteiger partial charge in [-0.05, 0) is 138 Å². The summed E-state index contributed by atoms with van der Waals surface area (Å²) in [6, 6.07) is 3.65. The Kier molecular flexibility index (Phi) is 5.47. The van der Waals surface area contributed by atoms with Gasteiger partial charge in [-0.1, -0.05) is 0 Å². The molecule has 1 N–H and O–H groups in total. The van der Waals surface area contributed by atoms with Crippen molar-refractivity contribution in [2.75, 3.05) is 0 Å². The number of carbonyl (C=O) groups excluding carboxylic acids is 2. The van der Waals surface area contributed by atoms with Crippen molar-refractivity contribution in [3.05, 3.63) is 23.8 Å². The smallest absolute Gasteiger partial charge is 0.338 e. The van der Waals surface area contributed by atoms with E-state index in [2.05, 4.69) is 0 Å². The molecule has 8 aliphatic rings. The van der Waals surface area contributed by atoms with Crippen molar-refractivity contribution in [2.45, 2.75) is 88.6 Å². The van der Waals surface area contributed by atoms with E-state index in [9.17, 15) is 22.6 Å². The van der Waals surface area contributed by atoms with Crippen LogP contribution in [0.1, 0.15) is 88.4 Å². The van der Waals surface area contributed by atoms with Crippen molar-refractivity contribution >= 4 is 22.1 Å². The highest BCUT2D eigenvalue weighted by atomic mass is 32.2. The lowest BCUT2D eigenvalue weighted by atomic mass is 9.46. The second-order valence-electron chi connectivity index (χ2n) is 14.0. The van der Waals surface area contributed by atoms with E-state index in [4.69, 9.17) is 9.47 Å². The van der Waals surface area contributed by atoms with E-state index in [0.717, 1.165) is 63.5 Å². The minimum Gasteiger partial charge on any atom is -0.455 e. The van der Waals surface area contributed by atoms with Crippen molar-refractivity contribution in [1.82, 2.24) is 0 Å². The maximum Gasteiger partial charge on any atom is 0.338 e. The fourth-order valence-electron chi connectivity index (χ4n) is 10.2. The van der Waals surface area contributed by atoms with Gasteiger partial charge in [-0.15, -0.1) is 0 Å². The molecule has 0 radical (unpaired) electrons. The highest BCUT2D eigenvalue weighted by Crippen LogP contribution is 2.63. The second kappa shape index (κ2) is 8.29. The van der Waals surface area contributed by atoms with Crippen LogP contribution in [0.15, 0.2) is 23.1 Å². The lowest BCUT2D eigenvalue weighted by Gasteiger charge is -2.59. The van der Waals surface area contributed by atoms with Crippen molar-refractivity contribution in [3.63, 3.8) is 0 Å². The van der Waals surface area contributed by atoms with E-state index in [0.29, 0.717) is 35.5 Å². The zero-order chi connectivity index (χ0) is 26.6. The van der Waals surface area contributed by atoms with Gasteiger partial charge in [0, 0.05) is 6.07 Å². The predicted molar refractivity (Wildman–Crippen MR) is 138 cm³/mol. The van der Waals surface area contributed by atoms with Crippen molar-refractivity contribution in [2.24, 2.45) is 52.8 Å². The topological polar surface area (TPSA) is 107 Å². The Morgan fingerprint density at radius 1 is 0.763 bits per heavy atom. The first-order chi connectivity index (χ1) is 17.9. The van der Waals surface area contributed by atoms with Crippen LogP contribution in [0.5, 0.6) is 5.75 Å². The largest absolute Gasteiger partial charge is 0.455 e. The summed E-state index contributed by atoms with van der Waals surface area (Å²) in [4.78, 5) is 26.7. The van der Waals surface area contributed by atoms with E-state index in [-0.39, 0.29) is 29.1 Å². The van der Waals surface area contributed by atoms with Crippen LogP contribution >= 0.6 is 0 Å². The van der Waals surface area contributed by atoms with Gasteiger partial charge in [0.1, 0.15) is 11.4 Å². The first kappa shape index (κ1) is 25.1. The second-order valence-corrected chi connectivity index (χ2v) is 15.4. The maximum atomic E-state index is 13.7. The van der Waals surface area contributed by atoms with Crippen LogP contribution in [-0.4, -0.2) is 30.5 Å². The van der Waals surface area contributed by atoms with Crippen LogP contribution in [0.3, 0.4) is 0 Å². The quantitative estimate of drug-likeness (QED) is 0.290. The van der Waals surface area contributed by atoms with Gasteiger partial charge in [0.2, 0.25) is 0 Å². The van der Waals surface area contributed by atoms with Gasteiger partial charge in [-0.2, -0.15) is 8.42 Å². The van der Waals surface area contributed by atoms with Crippen LogP contribution in [0.25, 0.3) is 0 Å². The lowest BCUT2D eigenvalue weighted by Crippen LogP contribution is -2.58. The molecule has 7 nitrogen and oxygen atoms in total. The summed E-state index contributed by atoms with van der Waals surface area (Å²) in [6.45, 7) is 4.02. The molecule has 0 aliphatic heterocycles. The molecule has 9 rings (SSSR count). The number of carbonyl (C=O) groups is 2. The van der Waals surface area contributed by atoms with Crippen molar-refractivity contribution in [3.8, 4) is 5.75 Å². The van der Waals surface area contributed by atoms with Crippen LogP contribution in [0.4, 0.5) is 0 Å². The van der Waals surface area contributed by atoms with Gasteiger partial charge in [0.25, 0.3) is 10.1 Å². The number of ether oxygens (including phenoxy) is 2. The average Bonchev–Trinajstić information content (AvgIpc) is 2.84. The molecule has 8 aliphatic carbocycles. The molecule has 0 heterocycles. The van der Waals surface area contributed by atoms with Gasteiger partial charge in [-0.3, -0.25) is 9.35 Å². The Balaban J connectivity index is 1.16. The number of hydrogen-bond donors (Lipinski definition) is 1. The molecule has 8 saturated carbocycles. The number of benzene rings is 1. The molecular formula is C30H38O7S. The summed E-state index contributed by atoms with van der Waals surface area (Å²) >= 11 is 0. The SMILES string of the molecule is CC1(OC(=O)c2cc(OC(=O)C3(C)C4CC5CC(C4)CC3C5)cc(S(=O)(=O)O)c2)C2CC3CC(C2)CC1C3. The number of esters is 2. The van der Waals surface area contributed by atoms with E-state index in [1.165, 1.54) is 18.9 Å². The average molecular weight is 543 g/mol. The molecule has 0 amide bonds. The molecule has 0 saturated heterocycles. The Morgan fingerprint density at radius 3 is 1.71 bits per heavy atom. The predicted octanol–water partition coefficient (Wildman–Crippen LogP) is 5.67. The molecule has 1 aromatic rings. The Hall–Kier alpha value is -1.93. The van der Waals surface area contributed by atoms with Crippen LogP contribution in [0, 0.1) is 52.8 Å². The highest BCUT2D eigenvalue weighted by Gasteiger charge is 2.59. The summed E-state index contributed by atoms with van der Waals surface area (Å²) in [6.07, 6.45) is 10.9. The summed E-state index contributed by atoms with van der Waals surface area (Å²) in [5.74, 6) is 2.90. The fourth-order valence-corrected chi connectivity index (χ4v) is 10.7. The van der Waals surface area contributed by atoms with Gasteiger partial charge in [0.05, 0.1) is 15.9 Å². The van der Waals surface area contributed by atoms with Crippen molar-refractivity contribution < 1.29 is 32.0 Å². The summed E-state index contributed by atoms with van der Waals surface area (Å²) in [7, 11) is -4.64. The molecule has 8 bridgehead atoms. The standard InChI is InChI=1S/C30H38O7S/c1-29(21-5-16-3-17(7-21)8-22(29)6-16)28(32)36-25-13-20(14-26(15-25)38(33,34)35)27(31)37-30(2)23-9-18-4-19(11-23)12-24(30)10-18/h13-19,21-24H,3-12H2,1-2H3,(H,33,34,35). The van der Waals surface area contributed by atoms with Crippen LogP contribution in [-0.2, 0) is 19.6 Å². The molecule has 8 heteroatoms. The zero-order valence-corrected chi connectivity index (χ0v) is 23.0. The summed E-state index contributed by atoms with van der Waals surface area (Å²) < 4.78 is 46.1. The zero-order valence-electron chi connectivity index (χ0n) is 22.2. The minimum atomic E-state index is -4.64. The third-order valence-corrected chi connectivity index (χ3v) is 12.8. The van der Waals surface area contributed by atoms with Gasteiger partial charge in [-0.25, -0.2) is 4.79 Å². The van der Waals surface area contributed by atoms with Crippen LogP contribution in [0.2, 0.25) is 0 Å². The minimum absolute atomic E-state index is 0.0202. The summed E-state index contributed by atoms with van der Waals surface area (Å²) in [5, 5.41) is 0. The maximum absolute atomic E-state index is 13.7. The third kappa shape index (κ3) is 3.80. The van der Waals surface area contributed by atoms with E-state index in [1.807, 2.05) is 13.8 Å². The summed E-state index contributed by atoms with van der Waals surface area (Å²) in [5.41, 5.74) is -1.24. The monoisotopic (exact) mass is 542 g/mol. The molecule has 206 valence electrons. The third-order valence-electron chi connectivity index (χ3n) is 12.0. The van der Waals surface area contributed by atoms with E-state index in [1.54, 1.807) is 0 Å². The Labute approximate surface area is 224 Å². The van der Waals surface area contributed by atoms with Gasteiger partial charge < -0.3 is 9.47 Å². The molecule has 8 fully saturated rings. The molecular weight excluding hydrogens is 504 g/mol. The van der Waals surface area contributed by atoms with Gasteiger partial charge in [0.15, 0.2) is 0 Å². The molecule has 0 aromatic heterocycles. The van der Waals surface area contributed by atoms with Gasteiger partial charge >= 0.3 is 11.9 Å². The fraction of sp³-hybridized carbons (Fsp3) is 0.733. The molecule has 0 atom stereocenters. The number of rotatable bonds is 5. The Morgan fingerprint density at radius 2 is 1.24 bits per heavy atom. The first-order valence-corrected chi connectivity index (χ1v) is 15.9. The Bertz CT molecular complexity index is 1240. The van der Waals surface area contributed by atoms with Crippen LogP contribution < -0.4 is 4.74 Å². The molecule has 1 aromatic carbocycles. The molecule has 0 unspecified atom stereocenters. The number of hydrogen-bond acceptors (Lipinski definition) is 6. The van der Waals surface area contributed by atoms with Crippen molar-refractivity contribution in [1.29, 1.82) is 0 Å². The highest BCUT2D eigenvalue weighted by molar-refractivity contribution is 7.85. The van der Waals surface area contributed by atoms with E-state index < -0.39 is 32.0 Å². The molecule has 38 heavy (non-hydrogen) atoms. The lowest BCUT2D eigenvalue weighted by molar-refractivity contribution is -0.171.